The molecule has 0 saturated heterocycles. The van der Waals surface area contributed by atoms with Gasteiger partial charge in [0.05, 0.1) is 5.59 Å². The third-order valence-electron chi connectivity index (χ3n) is 0.696. The van der Waals surface area contributed by atoms with E-state index in [0.717, 1.165) is 0 Å². The maximum absolute atomic E-state index is 4.64. The van der Waals surface area contributed by atoms with Crippen molar-refractivity contribution in [1.82, 2.24) is 5.16 Å². The number of rotatable bonds is 2. The van der Waals surface area contributed by atoms with Gasteiger partial charge < -0.3 is 9.18 Å². The van der Waals surface area contributed by atoms with Gasteiger partial charge in [-0.15, -0.1) is 0 Å². The fraction of sp³-hybridized carbons (Fsp3) is 0.250. The predicted molar refractivity (Wildman–Crippen MR) is 28.9 cm³/mol. The van der Waals surface area contributed by atoms with Gasteiger partial charge >= 0.3 is 7.48 Å². The standard InChI is InChI=1S/C4H5BNO2/c1-7-5-4-2-3-8-6-4/h2-3H,1H3. The van der Waals surface area contributed by atoms with E-state index >= 15 is 0 Å². The first-order valence-electron chi connectivity index (χ1n) is 2.20. The Hall–Kier alpha value is -0.765. The van der Waals surface area contributed by atoms with Crippen LogP contribution in [0.2, 0.25) is 0 Å². The average molecular weight is 110 g/mol. The molecule has 0 aliphatic rings. The molecule has 0 N–H and O–H groups in total. The first-order chi connectivity index (χ1) is 3.93. The van der Waals surface area contributed by atoms with Gasteiger partial charge in [0, 0.05) is 7.11 Å². The smallest absolute Gasteiger partial charge is 0.355 e. The van der Waals surface area contributed by atoms with Crippen molar-refractivity contribution in [2.75, 3.05) is 7.11 Å². The molecule has 8 heavy (non-hydrogen) atoms. The first-order valence-corrected chi connectivity index (χ1v) is 2.20. The van der Waals surface area contributed by atoms with Crippen LogP contribution in [-0.4, -0.2) is 19.7 Å². The zero-order valence-electron chi connectivity index (χ0n) is 4.50. The van der Waals surface area contributed by atoms with Gasteiger partial charge in [-0.2, -0.15) is 0 Å². The molecule has 41 valence electrons. The van der Waals surface area contributed by atoms with Crippen LogP contribution < -0.4 is 5.59 Å². The fourth-order valence-electron chi connectivity index (χ4n) is 0.403. The lowest BCUT2D eigenvalue weighted by Gasteiger charge is -1.82. The Labute approximate surface area is 47.9 Å². The summed E-state index contributed by atoms with van der Waals surface area (Å²) in [6, 6.07) is 1.71. The molecular formula is C4H5BNO2. The highest BCUT2D eigenvalue weighted by Gasteiger charge is 1.95. The van der Waals surface area contributed by atoms with Crippen molar-refractivity contribution in [3.8, 4) is 0 Å². The Balaban J connectivity index is 2.50. The molecule has 0 aromatic carbocycles. The van der Waals surface area contributed by atoms with E-state index in [1.807, 2.05) is 0 Å². The number of hydrogen-bond donors (Lipinski definition) is 0. The predicted octanol–water partition coefficient (Wildman–Crippen LogP) is -0.435. The Bertz CT molecular complexity index is 140. The number of nitrogens with zero attached hydrogens (tertiary/aromatic N) is 1. The zero-order valence-corrected chi connectivity index (χ0v) is 4.50. The molecule has 0 saturated carbocycles. The van der Waals surface area contributed by atoms with Gasteiger partial charge in [0.25, 0.3) is 0 Å². The lowest BCUT2D eigenvalue weighted by atomic mass is 9.96. The summed E-state index contributed by atoms with van der Waals surface area (Å²) in [5.74, 6) is 0. The summed E-state index contributed by atoms with van der Waals surface area (Å²) in [4.78, 5) is 0. The molecule has 0 aliphatic carbocycles. The molecule has 1 aromatic heterocycles. The number of aromatic nitrogens is 1. The maximum Gasteiger partial charge on any atom is 0.355 e. The van der Waals surface area contributed by atoms with Crippen LogP contribution in [0.3, 0.4) is 0 Å². The van der Waals surface area contributed by atoms with Crippen LogP contribution >= 0.6 is 0 Å². The number of hydrogen-bond acceptors (Lipinski definition) is 3. The van der Waals surface area contributed by atoms with Crippen molar-refractivity contribution >= 4 is 13.1 Å². The van der Waals surface area contributed by atoms with Crippen molar-refractivity contribution in [3.05, 3.63) is 12.3 Å². The van der Waals surface area contributed by atoms with Gasteiger partial charge in [-0.3, -0.25) is 0 Å². The van der Waals surface area contributed by atoms with E-state index in [4.69, 9.17) is 0 Å². The van der Waals surface area contributed by atoms with Crippen LogP contribution in [-0.2, 0) is 4.65 Å². The molecule has 0 aliphatic heterocycles. The molecule has 0 amide bonds. The SMILES string of the molecule is CO[B]c1ccon1. The first kappa shape index (κ1) is 5.37. The van der Waals surface area contributed by atoms with E-state index in [1.54, 1.807) is 13.2 Å². The summed E-state index contributed by atoms with van der Waals surface area (Å²) < 4.78 is 9.14. The summed E-state index contributed by atoms with van der Waals surface area (Å²) in [5.41, 5.74) is 0.701. The minimum Gasteiger partial charge on any atom is -0.436 e. The molecule has 1 rings (SSSR count). The van der Waals surface area contributed by atoms with Gasteiger partial charge in [0.1, 0.15) is 6.26 Å². The van der Waals surface area contributed by atoms with E-state index in [9.17, 15) is 0 Å². The Morgan fingerprint density at radius 3 is 3.25 bits per heavy atom. The largest absolute Gasteiger partial charge is 0.436 e. The average Bonchev–Trinajstić information content (AvgIpc) is 2.19. The van der Waals surface area contributed by atoms with Crippen LogP contribution in [0.4, 0.5) is 0 Å². The van der Waals surface area contributed by atoms with Crippen LogP contribution in [0.25, 0.3) is 0 Å². The third-order valence-corrected chi connectivity index (χ3v) is 0.696. The topological polar surface area (TPSA) is 35.3 Å². The van der Waals surface area contributed by atoms with Crippen LogP contribution in [0.5, 0.6) is 0 Å². The Morgan fingerprint density at radius 1 is 1.88 bits per heavy atom. The summed E-state index contributed by atoms with van der Waals surface area (Å²) in [6.07, 6.45) is 1.49. The van der Waals surface area contributed by atoms with Crippen LogP contribution in [0.1, 0.15) is 0 Å². The summed E-state index contributed by atoms with van der Waals surface area (Å²) >= 11 is 0. The molecule has 0 spiro atoms. The van der Waals surface area contributed by atoms with E-state index in [-0.39, 0.29) is 0 Å². The molecule has 1 heterocycles. The van der Waals surface area contributed by atoms with Gasteiger partial charge in [-0.25, -0.2) is 0 Å². The van der Waals surface area contributed by atoms with E-state index < -0.39 is 0 Å². The lowest BCUT2D eigenvalue weighted by Crippen LogP contribution is -2.15. The van der Waals surface area contributed by atoms with Crippen LogP contribution in [0.15, 0.2) is 16.9 Å². The van der Waals surface area contributed by atoms with E-state index in [1.165, 1.54) is 13.7 Å². The monoisotopic (exact) mass is 110 g/mol. The highest BCUT2D eigenvalue weighted by molar-refractivity contribution is 6.45. The molecule has 1 aromatic rings. The lowest BCUT2D eigenvalue weighted by molar-refractivity contribution is 0.417. The molecule has 4 heteroatoms. The maximum atomic E-state index is 4.64. The minimum atomic E-state index is 0.701. The summed E-state index contributed by atoms with van der Waals surface area (Å²) in [5, 5.41) is 3.55. The molecule has 0 atom stereocenters. The molecule has 0 unspecified atom stereocenters. The van der Waals surface area contributed by atoms with Crippen molar-refractivity contribution in [3.63, 3.8) is 0 Å². The second-order valence-corrected chi connectivity index (χ2v) is 1.28. The molecule has 1 radical (unpaired) electrons. The third kappa shape index (κ3) is 1.10. The van der Waals surface area contributed by atoms with Gasteiger partial charge in [0.2, 0.25) is 0 Å². The molecule has 3 nitrogen and oxygen atoms in total. The summed E-state index contributed by atoms with van der Waals surface area (Å²) in [7, 11) is 3.07. The van der Waals surface area contributed by atoms with Crippen molar-refractivity contribution in [2.24, 2.45) is 0 Å². The zero-order chi connectivity index (χ0) is 5.82. The quantitative estimate of drug-likeness (QED) is 0.484. The van der Waals surface area contributed by atoms with E-state index in [2.05, 4.69) is 14.3 Å². The second kappa shape index (κ2) is 2.52. The Morgan fingerprint density at radius 2 is 2.75 bits per heavy atom. The summed E-state index contributed by atoms with van der Waals surface area (Å²) in [6.45, 7) is 0. The van der Waals surface area contributed by atoms with Crippen molar-refractivity contribution < 1.29 is 9.18 Å². The fourth-order valence-corrected chi connectivity index (χ4v) is 0.403. The second-order valence-electron chi connectivity index (χ2n) is 1.28. The van der Waals surface area contributed by atoms with Crippen molar-refractivity contribution in [2.45, 2.75) is 0 Å². The molecular weight excluding hydrogens is 105 g/mol. The molecule has 0 fully saturated rings. The van der Waals surface area contributed by atoms with Gasteiger partial charge in [0.15, 0.2) is 0 Å². The van der Waals surface area contributed by atoms with Gasteiger partial charge in [-0.05, 0) is 6.07 Å². The molecule has 0 bridgehead atoms. The van der Waals surface area contributed by atoms with Crippen molar-refractivity contribution in [1.29, 1.82) is 0 Å². The highest BCUT2D eigenvalue weighted by Crippen LogP contribution is 1.73. The van der Waals surface area contributed by atoms with Crippen LogP contribution in [0, 0.1) is 0 Å². The Kier molecular flexibility index (Phi) is 1.69. The van der Waals surface area contributed by atoms with Gasteiger partial charge in [-0.1, -0.05) is 5.16 Å². The minimum absolute atomic E-state index is 0.701. The normalized spacial score (nSPS) is 9.12. The highest BCUT2D eigenvalue weighted by atomic mass is 16.5. The van der Waals surface area contributed by atoms with E-state index in [0.29, 0.717) is 5.59 Å².